The van der Waals surface area contributed by atoms with E-state index in [0.717, 1.165) is 12.8 Å². The van der Waals surface area contributed by atoms with E-state index < -0.39 is 0 Å². The minimum Gasteiger partial charge on any atom is -0.392 e. The summed E-state index contributed by atoms with van der Waals surface area (Å²) >= 11 is 4.88. The van der Waals surface area contributed by atoms with Crippen LogP contribution >= 0.6 is 12.2 Å². The lowest BCUT2D eigenvalue weighted by Crippen LogP contribution is -2.43. The van der Waals surface area contributed by atoms with Gasteiger partial charge in [-0.15, -0.1) is 0 Å². The first-order valence-corrected chi connectivity index (χ1v) is 5.41. The van der Waals surface area contributed by atoms with Crippen molar-refractivity contribution in [2.24, 2.45) is 5.73 Å². The van der Waals surface area contributed by atoms with Gasteiger partial charge in [-0.3, -0.25) is 4.79 Å². The van der Waals surface area contributed by atoms with Gasteiger partial charge in [-0.2, -0.15) is 0 Å². The van der Waals surface area contributed by atoms with Crippen LogP contribution in [0.15, 0.2) is 18.7 Å². The van der Waals surface area contributed by atoms with Crippen LogP contribution in [-0.2, 0) is 0 Å². The lowest BCUT2D eigenvalue weighted by molar-refractivity contribution is 0.0945. The van der Waals surface area contributed by atoms with E-state index in [0.29, 0.717) is 10.6 Å². The predicted molar refractivity (Wildman–Crippen MR) is 65.0 cm³/mol. The van der Waals surface area contributed by atoms with Crippen LogP contribution in [0.5, 0.6) is 0 Å². The Labute approximate surface area is 99.5 Å². The smallest absolute Gasteiger partial charge is 0.254 e. The van der Waals surface area contributed by atoms with Crippen LogP contribution < -0.4 is 11.1 Å². The Bertz CT molecular complexity index is 368. The molecule has 0 bridgehead atoms. The fourth-order valence-electron chi connectivity index (χ4n) is 1.23. The van der Waals surface area contributed by atoms with Crippen LogP contribution in [0.2, 0.25) is 0 Å². The third-order valence-corrected chi connectivity index (χ3v) is 2.33. The Morgan fingerprint density at radius 1 is 1.56 bits per heavy atom. The summed E-state index contributed by atoms with van der Waals surface area (Å²) in [6.45, 7) is 2.00. The SMILES string of the molecule is CCCC(NC(=O)c1cncnc1)C(N)=S. The highest BCUT2D eigenvalue weighted by molar-refractivity contribution is 7.80. The van der Waals surface area contributed by atoms with E-state index in [1.807, 2.05) is 6.92 Å². The van der Waals surface area contributed by atoms with Gasteiger partial charge in [-0.05, 0) is 6.42 Å². The number of amides is 1. The number of nitrogens with two attached hydrogens (primary N) is 1. The van der Waals surface area contributed by atoms with E-state index in [1.165, 1.54) is 18.7 Å². The van der Waals surface area contributed by atoms with Gasteiger partial charge in [0.15, 0.2) is 0 Å². The standard InChI is InChI=1S/C10H14N4OS/c1-2-3-8(9(11)16)14-10(15)7-4-12-6-13-5-7/h4-6,8H,2-3H2,1H3,(H2,11,16)(H,14,15). The second kappa shape index (κ2) is 6.12. The summed E-state index contributed by atoms with van der Waals surface area (Å²) in [5.74, 6) is -0.258. The van der Waals surface area contributed by atoms with Crippen LogP contribution in [0.3, 0.4) is 0 Å². The number of carbonyl (C=O) groups excluding carboxylic acids is 1. The Kier molecular flexibility index (Phi) is 4.78. The molecule has 1 unspecified atom stereocenters. The fourth-order valence-corrected chi connectivity index (χ4v) is 1.41. The van der Waals surface area contributed by atoms with Crippen molar-refractivity contribution in [2.45, 2.75) is 25.8 Å². The van der Waals surface area contributed by atoms with Gasteiger partial charge in [0.05, 0.1) is 16.6 Å². The van der Waals surface area contributed by atoms with E-state index in [4.69, 9.17) is 18.0 Å². The summed E-state index contributed by atoms with van der Waals surface area (Å²) in [7, 11) is 0. The Hall–Kier alpha value is -1.56. The summed E-state index contributed by atoms with van der Waals surface area (Å²) in [4.78, 5) is 19.6. The highest BCUT2D eigenvalue weighted by Crippen LogP contribution is 2.00. The molecule has 5 nitrogen and oxygen atoms in total. The normalized spacial score (nSPS) is 11.8. The summed E-state index contributed by atoms with van der Waals surface area (Å²) in [6.07, 6.45) is 5.89. The van der Waals surface area contributed by atoms with E-state index in [2.05, 4.69) is 15.3 Å². The molecular formula is C10H14N4OS. The molecule has 6 heteroatoms. The molecule has 0 aliphatic carbocycles. The molecular weight excluding hydrogens is 224 g/mol. The summed E-state index contributed by atoms with van der Waals surface area (Å²) in [6, 6.07) is -0.271. The molecule has 16 heavy (non-hydrogen) atoms. The van der Waals surface area contributed by atoms with Gasteiger partial charge in [-0.25, -0.2) is 9.97 Å². The zero-order valence-corrected chi connectivity index (χ0v) is 9.83. The molecule has 1 atom stereocenters. The highest BCUT2D eigenvalue weighted by Gasteiger charge is 2.15. The topological polar surface area (TPSA) is 80.9 Å². The zero-order chi connectivity index (χ0) is 12.0. The highest BCUT2D eigenvalue weighted by atomic mass is 32.1. The zero-order valence-electron chi connectivity index (χ0n) is 9.01. The fraction of sp³-hybridized carbons (Fsp3) is 0.400. The van der Waals surface area contributed by atoms with Gasteiger partial charge in [0.25, 0.3) is 5.91 Å². The average Bonchev–Trinajstić information content (AvgIpc) is 2.29. The van der Waals surface area contributed by atoms with Gasteiger partial charge in [-0.1, -0.05) is 25.6 Å². The van der Waals surface area contributed by atoms with Crippen molar-refractivity contribution in [1.82, 2.24) is 15.3 Å². The maximum Gasteiger partial charge on any atom is 0.254 e. The Balaban J connectivity index is 2.65. The van der Waals surface area contributed by atoms with Gasteiger partial charge in [0.2, 0.25) is 0 Å². The minimum absolute atomic E-state index is 0.258. The van der Waals surface area contributed by atoms with Crippen molar-refractivity contribution < 1.29 is 4.79 Å². The van der Waals surface area contributed by atoms with Crippen molar-refractivity contribution >= 4 is 23.1 Å². The van der Waals surface area contributed by atoms with Gasteiger partial charge < -0.3 is 11.1 Å². The van der Waals surface area contributed by atoms with Crippen molar-refractivity contribution in [2.75, 3.05) is 0 Å². The van der Waals surface area contributed by atoms with Gasteiger partial charge in [0, 0.05) is 12.4 Å². The molecule has 1 aromatic rings. The molecule has 0 aromatic carbocycles. The molecule has 0 aliphatic rings. The number of hydrogen-bond donors (Lipinski definition) is 2. The number of carbonyl (C=O) groups is 1. The van der Waals surface area contributed by atoms with Crippen LogP contribution in [-0.4, -0.2) is 26.9 Å². The first-order valence-electron chi connectivity index (χ1n) is 5.00. The second-order valence-electron chi connectivity index (χ2n) is 3.34. The van der Waals surface area contributed by atoms with Crippen LogP contribution in [0.4, 0.5) is 0 Å². The number of nitrogens with one attached hydrogen (secondary N) is 1. The first-order chi connectivity index (χ1) is 7.65. The predicted octanol–water partition coefficient (Wildman–Crippen LogP) is 0.661. The largest absolute Gasteiger partial charge is 0.392 e. The van der Waals surface area contributed by atoms with Crippen molar-refractivity contribution in [3.8, 4) is 0 Å². The summed E-state index contributed by atoms with van der Waals surface area (Å²) < 4.78 is 0. The molecule has 0 radical (unpaired) electrons. The summed E-state index contributed by atoms with van der Waals surface area (Å²) in [5, 5.41) is 2.75. The van der Waals surface area contributed by atoms with E-state index in [1.54, 1.807) is 0 Å². The second-order valence-corrected chi connectivity index (χ2v) is 3.82. The molecule has 0 spiro atoms. The molecule has 86 valence electrons. The lowest BCUT2D eigenvalue weighted by atomic mass is 10.1. The van der Waals surface area contributed by atoms with Gasteiger partial charge in [0.1, 0.15) is 6.33 Å². The van der Waals surface area contributed by atoms with Crippen molar-refractivity contribution in [1.29, 1.82) is 0 Å². The molecule has 1 rings (SSSR count). The Morgan fingerprint density at radius 2 is 2.19 bits per heavy atom. The average molecular weight is 238 g/mol. The van der Waals surface area contributed by atoms with E-state index in [-0.39, 0.29) is 11.9 Å². The minimum atomic E-state index is -0.271. The monoisotopic (exact) mass is 238 g/mol. The number of aromatic nitrogens is 2. The maximum atomic E-state index is 11.7. The maximum absolute atomic E-state index is 11.7. The number of rotatable bonds is 5. The lowest BCUT2D eigenvalue weighted by Gasteiger charge is -2.16. The third kappa shape index (κ3) is 3.54. The van der Waals surface area contributed by atoms with Gasteiger partial charge >= 0.3 is 0 Å². The molecule has 3 N–H and O–H groups in total. The molecule has 1 amide bonds. The van der Waals surface area contributed by atoms with E-state index >= 15 is 0 Å². The molecule has 1 aromatic heterocycles. The van der Waals surface area contributed by atoms with Crippen LogP contribution in [0, 0.1) is 0 Å². The Morgan fingerprint density at radius 3 is 2.69 bits per heavy atom. The first kappa shape index (κ1) is 12.5. The summed E-state index contributed by atoms with van der Waals surface area (Å²) in [5.41, 5.74) is 5.94. The number of thiocarbonyl (C=S) groups is 1. The van der Waals surface area contributed by atoms with Crippen molar-refractivity contribution in [3.63, 3.8) is 0 Å². The number of nitrogens with zero attached hydrogens (tertiary/aromatic N) is 2. The quantitative estimate of drug-likeness (QED) is 0.737. The van der Waals surface area contributed by atoms with Crippen LogP contribution in [0.25, 0.3) is 0 Å². The van der Waals surface area contributed by atoms with E-state index in [9.17, 15) is 4.79 Å². The molecule has 1 heterocycles. The molecule has 0 saturated heterocycles. The van der Waals surface area contributed by atoms with Crippen LogP contribution in [0.1, 0.15) is 30.1 Å². The molecule has 0 fully saturated rings. The number of hydrogen-bond acceptors (Lipinski definition) is 4. The van der Waals surface area contributed by atoms with Crippen molar-refractivity contribution in [3.05, 3.63) is 24.3 Å². The molecule has 0 aliphatic heterocycles. The molecule has 0 saturated carbocycles. The third-order valence-electron chi connectivity index (χ3n) is 2.05.